The minimum absolute atomic E-state index is 0. The maximum atomic E-state index is 12.8. The molecule has 1 heterocycles. The van der Waals surface area contributed by atoms with Gasteiger partial charge in [0.05, 0.1) is 11.8 Å². The second kappa shape index (κ2) is 8.32. The Hall–Kier alpha value is -1.90. The summed E-state index contributed by atoms with van der Waals surface area (Å²) in [6, 6.07) is 10.6. The lowest BCUT2D eigenvalue weighted by molar-refractivity contribution is -0.140. The van der Waals surface area contributed by atoms with Gasteiger partial charge in [-0.25, -0.2) is 0 Å². The smallest absolute Gasteiger partial charge is 0.233 e. The van der Waals surface area contributed by atoms with Gasteiger partial charge in [-0.05, 0) is 36.7 Å². The number of benzene rings is 1. The van der Waals surface area contributed by atoms with Crippen LogP contribution in [0.4, 0.5) is 0 Å². The van der Waals surface area contributed by atoms with Crippen molar-refractivity contribution in [3.05, 3.63) is 48.0 Å². The number of halogens is 1. The minimum Gasteiger partial charge on any atom is -0.356 e. The third-order valence-corrected chi connectivity index (χ3v) is 7.25. The Morgan fingerprint density at radius 1 is 1.07 bits per heavy atom. The molecule has 3 aliphatic carbocycles. The summed E-state index contributed by atoms with van der Waals surface area (Å²) in [4.78, 5) is 31.3. The van der Waals surface area contributed by atoms with Gasteiger partial charge in [0, 0.05) is 32.1 Å². The van der Waals surface area contributed by atoms with Crippen LogP contribution in [0.2, 0.25) is 0 Å². The molecule has 2 N–H and O–H groups in total. The summed E-state index contributed by atoms with van der Waals surface area (Å²) in [5.74, 6) is 1.05. The van der Waals surface area contributed by atoms with Crippen molar-refractivity contribution < 1.29 is 9.59 Å². The molecule has 0 spiro atoms. The zero-order valence-corrected chi connectivity index (χ0v) is 19.5. The molecule has 160 valence electrons. The predicted molar refractivity (Wildman–Crippen MR) is 127 cm³/mol. The van der Waals surface area contributed by atoms with Crippen LogP contribution in [0.3, 0.4) is 0 Å². The number of allylic oxidation sites excluding steroid dienone is 2. The number of likely N-dealkylation sites (tertiary alicyclic amines) is 1. The van der Waals surface area contributed by atoms with E-state index in [4.69, 9.17) is 0 Å². The average Bonchev–Trinajstić information content (AvgIpc) is 3.14. The Morgan fingerprint density at radius 2 is 1.70 bits per heavy atom. The van der Waals surface area contributed by atoms with E-state index in [2.05, 4.69) is 52.0 Å². The van der Waals surface area contributed by atoms with E-state index < -0.39 is 0 Å². The Morgan fingerprint density at radius 3 is 2.27 bits per heavy atom. The molecule has 6 nitrogen and oxygen atoms in total. The molecule has 4 atom stereocenters. The zero-order chi connectivity index (χ0) is 20.0. The van der Waals surface area contributed by atoms with E-state index in [-0.39, 0.29) is 64.9 Å². The Kier molecular flexibility index (Phi) is 5.92. The highest BCUT2D eigenvalue weighted by molar-refractivity contribution is 14.0. The van der Waals surface area contributed by atoms with Gasteiger partial charge in [-0.3, -0.25) is 19.5 Å². The summed E-state index contributed by atoms with van der Waals surface area (Å²) in [7, 11) is 1.75. The van der Waals surface area contributed by atoms with Gasteiger partial charge >= 0.3 is 0 Å². The van der Waals surface area contributed by atoms with Crippen molar-refractivity contribution >= 4 is 41.8 Å². The maximum absolute atomic E-state index is 12.8. The molecule has 2 bridgehead atoms. The minimum atomic E-state index is -0.115. The second-order valence-electron chi connectivity index (χ2n) is 8.83. The monoisotopic (exact) mass is 520 g/mol. The van der Waals surface area contributed by atoms with Crippen molar-refractivity contribution in [2.45, 2.75) is 24.7 Å². The molecule has 5 rings (SSSR count). The fourth-order valence-electron chi connectivity index (χ4n) is 5.45. The summed E-state index contributed by atoms with van der Waals surface area (Å²) < 4.78 is 0. The van der Waals surface area contributed by atoms with Crippen LogP contribution in [0.1, 0.15) is 24.8 Å². The van der Waals surface area contributed by atoms with Gasteiger partial charge in [-0.2, -0.15) is 0 Å². The van der Waals surface area contributed by atoms with Crippen LogP contribution in [0.15, 0.2) is 47.5 Å². The fourth-order valence-corrected chi connectivity index (χ4v) is 5.45. The van der Waals surface area contributed by atoms with Gasteiger partial charge in [0.15, 0.2) is 5.96 Å². The van der Waals surface area contributed by atoms with Gasteiger partial charge in [0.1, 0.15) is 0 Å². The van der Waals surface area contributed by atoms with Crippen LogP contribution >= 0.6 is 24.0 Å². The van der Waals surface area contributed by atoms with E-state index in [1.807, 2.05) is 6.07 Å². The molecule has 2 saturated carbocycles. The Labute approximate surface area is 194 Å². The number of imide groups is 1. The lowest BCUT2D eigenvalue weighted by atomic mass is 9.85. The molecule has 4 unspecified atom stereocenters. The van der Waals surface area contributed by atoms with Gasteiger partial charge in [-0.15, -0.1) is 24.0 Å². The summed E-state index contributed by atoms with van der Waals surface area (Å²) in [5, 5.41) is 6.69. The number of amides is 2. The van der Waals surface area contributed by atoms with Crippen molar-refractivity contribution in [1.29, 1.82) is 0 Å². The number of nitrogens with one attached hydrogen (secondary N) is 2. The number of hydrogen-bond donors (Lipinski definition) is 2. The summed E-state index contributed by atoms with van der Waals surface area (Å²) in [6.45, 7) is 1.74. The van der Waals surface area contributed by atoms with Gasteiger partial charge in [-0.1, -0.05) is 42.5 Å². The predicted octanol–water partition coefficient (Wildman–Crippen LogP) is 2.31. The first-order valence-corrected chi connectivity index (χ1v) is 10.7. The average molecular weight is 520 g/mol. The van der Waals surface area contributed by atoms with E-state index in [0.717, 1.165) is 13.0 Å². The highest BCUT2D eigenvalue weighted by Gasteiger charge is 2.58. The van der Waals surface area contributed by atoms with Gasteiger partial charge in [0.2, 0.25) is 11.8 Å². The highest BCUT2D eigenvalue weighted by atomic mass is 127. The van der Waals surface area contributed by atoms with Crippen molar-refractivity contribution in [2.75, 3.05) is 26.7 Å². The lowest BCUT2D eigenvalue weighted by Gasteiger charge is -2.21. The van der Waals surface area contributed by atoms with Crippen LogP contribution in [0.25, 0.3) is 0 Å². The molecule has 3 fully saturated rings. The van der Waals surface area contributed by atoms with E-state index in [0.29, 0.717) is 19.0 Å². The topological polar surface area (TPSA) is 73.8 Å². The standard InChI is InChI=1S/C23H28N4O2.HI/c1-24-22(26-14-23(9-10-23)17-5-3-2-4-6-17)25-11-12-27-20(28)18-15-7-8-16(13-15)19(18)21(27)29;/h2-8,15-16,18-19H,9-14H2,1H3,(H2,24,25,26);1H. The van der Waals surface area contributed by atoms with Crippen molar-refractivity contribution in [3.8, 4) is 0 Å². The fraction of sp³-hybridized carbons (Fsp3) is 0.522. The Balaban J connectivity index is 0.00000218. The second-order valence-corrected chi connectivity index (χ2v) is 8.83. The molecule has 0 radical (unpaired) electrons. The zero-order valence-electron chi connectivity index (χ0n) is 17.2. The summed E-state index contributed by atoms with van der Waals surface area (Å²) in [5.41, 5.74) is 1.56. The quantitative estimate of drug-likeness (QED) is 0.199. The van der Waals surface area contributed by atoms with E-state index in [1.54, 1.807) is 7.05 Å². The van der Waals surface area contributed by atoms with E-state index >= 15 is 0 Å². The molecular weight excluding hydrogens is 491 g/mol. The molecule has 30 heavy (non-hydrogen) atoms. The molecule has 7 heteroatoms. The van der Waals surface area contributed by atoms with Crippen LogP contribution in [0.5, 0.6) is 0 Å². The van der Waals surface area contributed by atoms with Crippen molar-refractivity contribution in [1.82, 2.24) is 15.5 Å². The van der Waals surface area contributed by atoms with Crippen molar-refractivity contribution in [3.63, 3.8) is 0 Å². The molecule has 4 aliphatic rings. The molecule has 1 aromatic carbocycles. The molecule has 1 saturated heterocycles. The SMILES string of the molecule is CN=C(NCCN1C(=O)C2C3C=CC(C3)C2C1=O)NCC1(c2ccccc2)CC1.I. The number of rotatable bonds is 6. The first kappa shape index (κ1) is 21.3. The number of hydrogen-bond acceptors (Lipinski definition) is 3. The molecule has 0 aromatic heterocycles. The summed E-state index contributed by atoms with van der Waals surface area (Å²) in [6.07, 6.45) is 7.59. The molecule has 2 amide bonds. The molecular formula is C23H29IN4O2. The van der Waals surface area contributed by atoms with Crippen LogP contribution in [-0.4, -0.2) is 49.4 Å². The normalized spacial score (nSPS) is 30.3. The summed E-state index contributed by atoms with van der Waals surface area (Å²) >= 11 is 0. The molecule has 1 aliphatic heterocycles. The third-order valence-electron chi connectivity index (χ3n) is 7.25. The number of fused-ring (bicyclic) bond motifs is 5. The first-order valence-electron chi connectivity index (χ1n) is 10.7. The third kappa shape index (κ3) is 3.55. The lowest BCUT2D eigenvalue weighted by Crippen LogP contribution is -2.45. The number of carbonyl (C=O) groups excluding carboxylic acids is 2. The Bertz CT molecular complexity index is 850. The number of carbonyl (C=O) groups is 2. The number of guanidine groups is 1. The highest BCUT2D eigenvalue weighted by Crippen LogP contribution is 2.52. The van der Waals surface area contributed by atoms with Gasteiger partial charge in [0.25, 0.3) is 0 Å². The van der Waals surface area contributed by atoms with Crippen LogP contribution in [0, 0.1) is 23.7 Å². The largest absolute Gasteiger partial charge is 0.356 e. The maximum Gasteiger partial charge on any atom is 0.233 e. The number of aliphatic imine (C=N–C) groups is 1. The van der Waals surface area contributed by atoms with Gasteiger partial charge < -0.3 is 10.6 Å². The van der Waals surface area contributed by atoms with Crippen molar-refractivity contribution in [2.24, 2.45) is 28.7 Å². The molecule has 1 aromatic rings. The van der Waals surface area contributed by atoms with E-state index in [1.165, 1.54) is 23.3 Å². The first-order chi connectivity index (χ1) is 14.1. The van der Waals surface area contributed by atoms with Crippen LogP contribution < -0.4 is 10.6 Å². The van der Waals surface area contributed by atoms with E-state index in [9.17, 15) is 9.59 Å². The number of nitrogens with zero attached hydrogens (tertiary/aromatic N) is 2. The van der Waals surface area contributed by atoms with Crippen LogP contribution in [-0.2, 0) is 15.0 Å².